The molecule has 2 N–H and O–H groups in total. The third kappa shape index (κ3) is 8.77. The lowest BCUT2D eigenvalue weighted by Crippen LogP contribution is -2.61. The highest BCUT2D eigenvalue weighted by atomic mass is 32.2. The summed E-state index contributed by atoms with van der Waals surface area (Å²) >= 11 is 2.95. The number of likely N-dealkylation sites (tertiary alicyclic amines) is 1. The Morgan fingerprint density at radius 1 is 0.836 bits per heavy atom. The van der Waals surface area contributed by atoms with Crippen LogP contribution in [0.15, 0.2) is 163 Å². The molecule has 1 aromatic heterocycles. The standard InChI is InChI=1S/C55H51FN4O5S2/c1-35-49(66-34-58-35)36-28-29-37(46(56)30-36)32-57-51(62)47-31-41(61)33-60(47)52(63)50(59(4)53(64)65-48-44-26-16-14-24-42(44)43-25-15-17-27-45(43)48)54(2,3)67-55(38-18-8-5-9-19-38,39-20-10-6-11-21-39)40-22-12-7-13-23-40/h5-30,34,41,47-48,50,61H,31-33H2,1-4H3,(H,57,62)/t41-,47+,50-/m1/s1. The summed E-state index contributed by atoms with van der Waals surface area (Å²) in [7, 11) is 1.57. The topological polar surface area (TPSA) is 112 Å². The number of carbonyl (C=O) groups excluding carboxylic acids is 3. The van der Waals surface area contributed by atoms with Gasteiger partial charge < -0.3 is 20.1 Å². The number of aromatic nitrogens is 1. The number of hydrogen-bond acceptors (Lipinski definition) is 8. The van der Waals surface area contributed by atoms with E-state index in [1.807, 2.05) is 124 Å². The van der Waals surface area contributed by atoms with Crippen molar-refractivity contribution in [1.82, 2.24) is 20.1 Å². The average Bonchev–Trinajstić information content (AvgIpc) is 4.06. The van der Waals surface area contributed by atoms with E-state index in [1.54, 1.807) is 24.7 Å². The first-order valence-electron chi connectivity index (χ1n) is 22.3. The van der Waals surface area contributed by atoms with Crippen molar-refractivity contribution in [3.8, 4) is 21.6 Å². The predicted molar refractivity (Wildman–Crippen MR) is 263 cm³/mol. The number of likely N-dealkylation sites (N-methyl/N-ethyl adjacent to an activating group) is 1. The number of hydrogen-bond donors (Lipinski definition) is 2. The van der Waals surface area contributed by atoms with Crippen molar-refractivity contribution in [2.45, 2.75) is 67.5 Å². The molecule has 0 spiro atoms. The Labute approximate surface area is 398 Å². The van der Waals surface area contributed by atoms with E-state index in [-0.39, 0.29) is 25.1 Å². The number of aryl methyl sites for hydroxylation is 1. The van der Waals surface area contributed by atoms with Crippen LogP contribution in [-0.2, 0) is 25.6 Å². The van der Waals surface area contributed by atoms with E-state index in [4.69, 9.17) is 4.74 Å². The van der Waals surface area contributed by atoms with Gasteiger partial charge in [0.05, 0.1) is 26.9 Å². The van der Waals surface area contributed by atoms with Crippen LogP contribution in [0.3, 0.4) is 0 Å². The maximum atomic E-state index is 15.7. The second-order valence-electron chi connectivity index (χ2n) is 17.6. The number of halogens is 1. The summed E-state index contributed by atoms with van der Waals surface area (Å²) in [5, 5.41) is 14.1. The summed E-state index contributed by atoms with van der Waals surface area (Å²) < 4.78 is 20.0. The van der Waals surface area contributed by atoms with Crippen LogP contribution >= 0.6 is 23.1 Å². The zero-order chi connectivity index (χ0) is 46.9. The Balaban J connectivity index is 1.08. The van der Waals surface area contributed by atoms with Crippen molar-refractivity contribution in [3.63, 3.8) is 0 Å². The van der Waals surface area contributed by atoms with Gasteiger partial charge in [-0.05, 0) is 60.2 Å². The molecular formula is C55H51FN4O5S2. The zero-order valence-electron chi connectivity index (χ0n) is 37.6. The van der Waals surface area contributed by atoms with E-state index < -0.39 is 57.5 Å². The molecule has 2 heterocycles. The van der Waals surface area contributed by atoms with Crippen molar-refractivity contribution >= 4 is 41.0 Å². The molecule has 9 rings (SSSR count). The van der Waals surface area contributed by atoms with Gasteiger partial charge in [-0.15, -0.1) is 23.1 Å². The first kappa shape index (κ1) is 45.6. The van der Waals surface area contributed by atoms with Crippen LogP contribution in [0.2, 0.25) is 0 Å². The van der Waals surface area contributed by atoms with Crippen LogP contribution in [0.25, 0.3) is 21.6 Å². The molecule has 12 heteroatoms. The number of nitrogens with one attached hydrogen (secondary N) is 1. The molecule has 0 bridgehead atoms. The highest BCUT2D eigenvalue weighted by Crippen LogP contribution is 2.55. The van der Waals surface area contributed by atoms with Gasteiger partial charge >= 0.3 is 6.09 Å². The van der Waals surface area contributed by atoms with Crippen LogP contribution in [-0.4, -0.2) is 74.3 Å². The van der Waals surface area contributed by atoms with E-state index in [0.29, 0.717) is 5.56 Å². The first-order chi connectivity index (χ1) is 32.4. The first-order valence-corrected chi connectivity index (χ1v) is 24.0. The third-order valence-corrected chi connectivity index (χ3v) is 15.6. The highest BCUT2D eigenvalue weighted by Gasteiger charge is 2.53. The molecule has 0 radical (unpaired) electrons. The van der Waals surface area contributed by atoms with E-state index in [0.717, 1.165) is 49.5 Å². The Morgan fingerprint density at radius 3 is 1.90 bits per heavy atom. The molecule has 3 atom stereocenters. The molecule has 6 aromatic carbocycles. The molecule has 0 unspecified atom stereocenters. The number of β-amino-alcohol motifs (C(OH)–C–C–N with tert-alkyl or cyclic N) is 1. The largest absolute Gasteiger partial charge is 0.436 e. The van der Waals surface area contributed by atoms with Gasteiger partial charge in [-0.25, -0.2) is 14.2 Å². The molecule has 3 amide bonds. The quantitative estimate of drug-likeness (QED) is 0.111. The van der Waals surface area contributed by atoms with Crippen LogP contribution in [0.4, 0.5) is 9.18 Å². The van der Waals surface area contributed by atoms with Crippen LogP contribution in [0.5, 0.6) is 0 Å². The summed E-state index contributed by atoms with van der Waals surface area (Å²) in [5.41, 5.74) is 9.94. The van der Waals surface area contributed by atoms with Gasteiger partial charge in [-0.2, -0.15) is 0 Å². The number of aliphatic hydroxyl groups is 1. The van der Waals surface area contributed by atoms with Gasteiger partial charge in [0.25, 0.3) is 0 Å². The normalized spacial score (nSPS) is 16.2. The van der Waals surface area contributed by atoms with Crippen molar-refractivity contribution < 1.29 is 28.6 Å². The molecule has 67 heavy (non-hydrogen) atoms. The van der Waals surface area contributed by atoms with Crippen molar-refractivity contribution in [3.05, 3.63) is 208 Å². The fourth-order valence-electron chi connectivity index (χ4n) is 9.77. The molecule has 1 aliphatic heterocycles. The van der Waals surface area contributed by atoms with Crippen LogP contribution < -0.4 is 5.32 Å². The number of ether oxygens (including phenoxy) is 1. The van der Waals surface area contributed by atoms with Gasteiger partial charge in [-0.3, -0.25) is 14.5 Å². The Bertz CT molecular complexity index is 2770. The summed E-state index contributed by atoms with van der Waals surface area (Å²) in [6.45, 7) is 5.45. The molecule has 7 aromatic rings. The highest BCUT2D eigenvalue weighted by molar-refractivity contribution is 8.02. The number of aliphatic hydroxyl groups excluding tert-OH is 1. The van der Waals surface area contributed by atoms with Crippen molar-refractivity contribution in [2.24, 2.45) is 0 Å². The van der Waals surface area contributed by atoms with Gasteiger partial charge in [0.1, 0.15) is 17.9 Å². The Kier molecular flexibility index (Phi) is 12.9. The number of rotatable bonds is 13. The van der Waals surface area contributed by atoms with Crippen molar-refractivity contribution in [2.75, 3.05) is 13.6 Å². The molecule has 0 saturated carbocycles. The minimum Gasteiger partial charge on any atom is -0.436 e. The van der Waals surface area contributed by atoms with E-state index in [9.17, 15) is 14.7 Å². The number of amides is 3. The lowest BCUT2D eigenvalue weighted by molar-refractivity contribution is -0.143. The smallest absolute Gasteiger partial charge is 0.411 e. The maximum Gasteiger partial charge on any atom is 0.411 e. The van der Waals surface area contributed by atoms with E-state index >= 15 is 9.18 Å². The van der Waals surface area contributed by atoms with Gasteiger partial charge in [0, 0.05) is 48.0 Å². The summed E-state index contributed by atoms with van der Waals surface area (Å²) in [6, 6.07) is 48.4. The van der Waals surface area contributed by atoms with Gasteiger partial charge in [0.15, 0.2) is 6.10 Å². The molecule has 1 aliphatic carbocycles. The molecule has 2 aliphatic rings. The summed E-state index contributed by atoms with van der Waals surface area (Å²) in [6.07, 6.45) is -2.55. The van der Waals surface area contributed by atoms with Crippen LogP contribution in [0, 0.1) is 12.7 Å². The fraction of sp³-hybridized carbons (Fsp3) is 0.236. The van der Waals surface area contributed by atoms with Gasteiger partial charge in [-0.1, -0.05) is 152 Å². The summed E-state index contributed by atoms with van der Waals surface area (Å²) in [4.78, 5) is 52.8. The number of thiazole rings is 1. The maximum absolute atomic E-state index is 15.7. The molecule has 9 nitrogen and oxygen atoms in total. The Morgan fingerprint density at radius 2 is 1.37 bits per heavy atom. The SMILES string of the molecule is Cc1ncsc1-c1ccc(CNC(=O)[C@@H]2C[C@@H](O)CN2C(=O)[C@@H](N(C)C(=O)OC2c3ccccc3-c3ccccc32)C(C)(C)SC(c2ccccc2)(c2ccccc2)c2ccccc2)c(F)c1. The summed E-state index contributed by atoms with van der Waals surface area (Å²) in [5.74, 6) is -1.58. The number of fused-ring (bicyclic) bond motifs is 3. The second-order valence-corrected chi connectivity index (χ2v) is 20.3. The van der Waals surface area contributed by atoms with Gasteiger partial charge in [0.2, 0.25) is 11.8 Å². The minimum absolute atomic E-state index is 0.0459. The molecule has 340 valence electrons. The number of thioether (sulfide) groups is 1. The average molecular weight is 931 g/mol. The lowest BCUT2D eigenvalue weighted by atomic mass is 9.84. The predicted octanol–water partition coefficient (Wildman–Crippen LogP) is 10.5. The molecule has 1 saturated heterocycles. The van der Waals surface area contributed by atoms with E-state index in [2.05, 4.69) is 46.7 Å². The number of carbonyl (C=O) groups is 3. The minimum atomic E-state index is -1.26. The zero-order valence-corrected chi connectivity index (χ0v) is 39.3. The number of nitrogens with zero attached hydrogens (tertiary/aromatic N) is 3. The molecular weight excluding hydrogens is 880 g/mol. The van der Waals surface area contributed by atoms with Crippen LogP contribution in [0.1, 0.15) is 65.4 Å². The monoisotopic (exact) mass is 930 g/mol. The lowest BCUT2D eigenvalue weighted by Gasteiger charge is -2.47. The molecule has 1 fully saturated rings. The number of benzene rings is 6. The van der Waals surface area contributed by atoms with E-state index in [1.165, 1.54) is 39.0 Å². The fourth-order valence-corrected chi connectivity index (χ4v) is 12.5. The Hall–Kier alpha value is -6.60. The third-order valence-electron chi connectivity index (χ3n) is 12.9. The second kappa shape index (κ2) is 18.9. The van der Waals surface area contributed by atoms with Crippen molar-refractivity contribution in [1.29, 1.82) is 0 Å².